The van der Waals surface area contributed by atoms with Gasteiger partial charge in [-0.3, -0.25) is 9.59 Å². The number of aliphatic carboxylic acids is 1. The molecule has 0 spiro atoms. The number of rotatable bonds is 8. The standard InChI is InChI=1S/C16H20FNO5/c1-9(2)15(16(21)22)18-14(20)7-5-12(19)10-4-6-13(23-3)11(17)8-10/h4,6,8-9,15H,5,7H2,1-3H3,(H,18,20)(H,21,22)/t15-/m0/s1. The highest BCUT2D eigenvalue weighted by Gasteiger charge is 2.23. The largest absolute Gasteiger partial charge is 0.494 e. The van der Waals surface area contributed by atoms with Gasteiger partial charge in [-0.1, -0.05) is 13.8 Å². The van der Waals surface area contributed by atoms with Gasteiger partial charge in [0.1, 0.15) is 6.04 Å². The molecule has 126 valence electrons. The number of carboxylic acids is 1. The zero-order chi connectivity index (χ0) is 17.6. The van der Waals surface area contributed by atoms with Gasteiger partial charge in [-0.2, -0.15) is 0 Å². The number of nitrogens with one attached hydrogen (secondary N) is 1. The fourth-order valence-electron chi connectivity index (χ4n) is 1.97. The summed E-state index contributed by atoms with van der Waals surface area (Å²) in [5.74, 6) is -2.97. The second-order valence-corrected chi connectivity index (χ2v) is 5.40. The first-order chi connectivity index (χ1) is 10.8. The average Bonchev–Trinajstić information content (AvgIpc) is 2.49. The number of benzene rings is 1. The summed E-state index contributed by atoms with van der Waals surface area (Å²) in [5.41, 5.74) is 0.134. The van der Waals surface area contributed by atoms with Gasteiger partial charge in [-0.25, -0.2) is 9.18 Å². The van der Waals surface area contributed by atoms with E-state index in [1.54, 1.807) is 13.8 Å². The molecule has 1 aromatic rings. The first-order valence-electron chi connectivity index (χ1n) is 7.15. The molecule has 1 atom stereocenters. The van der Waals surface area contributed by atoms with Crippen molar-refractivity contribution >= 4 is 17.7 Å². The van der Waals surface area contributed by atoms with E-state index < -0.39 is 29.5 Å². The van der Waals surface area contributed by atoms with Gasteiger partial charge in [0.15, 0.2) is 17.3 Å². The molecule has 0 radical (unpaired) electrons. The third-order valence-corrected chi connectivity index (χ3v) is 3.30. The highest BCUT2D eigenvalue weighted by Crippen LogP contribution is 2.18. The van der Waals surface area contributed by atoms with E-state index in [4.69, 9.17) is 9.84 Å². The summed E-state index contributed by atoms with van der Waals surface area (Å²) in [4.78, 5) is 34.7. The van der Waals surface area contributed by atoms with E-state index in [2.05, 4.69) is 5.32 Å². The number of hydrogen-bond acceptors (Lipinski definition) is 4. The van der Waals surface area contributed by atoms with Crippen LogP contribution in [0.25, 0.3) is 0 Å². The normalized spacial score (nSPS) is 11.9. The summed E-state index contributed by atoms with van der Waals surface area (Å²) >= 11 is 0. The minimum Gasteiger partial charge on any atom is -0.494 e. The predicted molar refractivity (Wildman–Crippen MR) is 80.9 cm³/mol. The van der Waals surface area contributed by atoms with Crippen molar-refractivity contribution in [2.75, 3.05) is 7.11 Å². The van der Waals surface area contributed by atoms with Crippen LogP contribution in [0.3, 0.4) is 0 Å². The van der Waals surface area contributed by atoms with E-state index in [1.165, 1.54) is 19.2 Å². The molecule has 1 rings (SSSR count). The van der Waals surface area contributed by atoms with E-state index in [1.807, 2.05) is 0 Å². The zero-order valence-corrected chi connectivity index (χ0v) is 13.3. The second kappa shape index (κ2) is 8.26. The number of hydrogen-bond donors (Lipinski definition) is 2. The van der Waals surface area contributed by atoms with Gasteiger partial charge in [-0.05, 0) is 24.1 Å². The summed E-state index contributed by atoms with van der Waals surface area (Å²) < 4.78 is 18.3. The smallest absolute Gasteiger partial charge is 0.326 e. The molecule has 7 heteroatoms. The van der Waals surface area contributed by atoms with Crippen LogP contribution < -0.4 is 10.1 Å². The van der Waals surface area contributed by atoms with Gasteiger partial charge in [-0.15, -0.1) is 0 Å². The molecule has 0 saturated heterocycles. The molecule has 0 aliphatic rings. The molecule has 0 aliphatic heterocycles. The van der Waals surface area contributed by atoms with Crippen LogP contribution in [-0.4, -0.2) is 35.9 Å². The van der Waals surface area contributed by atoms with Gasteiger partial charge in [0, 0.05) is 18.4 Å². The summed E-state index contributed by atoms with van der Waals surface area (Å²) in [6.45, 7) is 3.34. The number of carbonyl (C=O) groups excluding carboxylic acids is 2. The van der Waals surface area contributed by atoms with Gasteiger partial charge < -0.3 is 15.2 Å². The van der Waals surface area contributed by atoms with Crippen molar-refractivity contribution in [2.45, 2.75) is 32.7 Å². The van der Waals surface area contributed by atoms with Crippen molar-refractivity contribution in [2.24, 2.45) is 5.92 Å². The Morgan fingerprint density at radius 1 is 1.26 bits per heavy atom. The number of halogens is 1. The maximum absolute atomic E-state index is 13.5. The van der Waals surface area contributed by atoms with Crippen molar-refractivity contribution in [1.82, 2.24) is 5.32 Å². The molecule has 1 aromatic carbocycles. The van der Waals surface area contributed by atoms with Crippen molar-refractivity contribution in [3.63, 3.8) is 0 Å². The first-order valence-corrected chi connectivity index (χ1v) is 7.15. The van der Waals surface area contributed by atoms with Crippen LogP contribution >= 0.6 is 0 Å². The van der Waals surface area contributed by atoms with Gasteiger partial charge >= 0.3 is 5.97 Å². The molecule has 0 bridgehead atoms. The molecule has 2 N–H and O–H groups in total. The fourth-order valence-corrected chi connectivity index (χ4v) is 1.97. The fraction of sp³-hybridized carbons (Fsp3) is 0.438. The minimum absolute atomic E-state index is 0.0283. The highest BCUT2D eigenvalue weighted by atomic mass is 19.1. The lowest BCUT2D eigenvalue weighted by atomic mass is 10.0. The Kier molecular flexibility index (Phi) is 6.68. The lowest BCUT2D eigenvalue weighted by Crippen LogP contribution is -2.44. The van der Waals surface area contributed by atoms with E-state index in [9.17, 15) is 18.8 Å². The van der Waals surface area contributed by atoms with Crippen LogP contribution in [0.5, 0.6) is 5.75 Å². The molecule has 1 amide bonds. The Morgan fingerprint density at radius 2 is 1.91 bits per heavy atom. The molecule has 23 heavy (non-hydrogen) atoms. The summed E-state index contributed by atoms with van der Waals surface area (Å²) in [5, 5.41) is 11.4. The molecular formula is C16H20FNO5. The van der Waals surface area contributed by atoms with Crippen LogP contribution in [0.4, 0.5) is 4.39 Å². The Balaban J connectivity index is 2.60. The molecular weight excluding hydrogens is 305 g/mol. The van der Waals surface area contributed by atoms with E-state index >= 15 is 0 Å². The maximum Gasteiger partial charge on any atom is 0.326 e. The molecule has 6 nitrogen and oxygen atoms in total. The van der Waals surface area contributed by atoms with Crippen molar-refractivity contribution in [1.29, 1.82) is 0 Å². The maximum atomic E-state index is 13.5. The number of ketones is 1. The number of carbonyl (C=O) groups is 3. The minimum atomic E-state index is -1.13. The number of methoxy groups -OCH3 is 1. The number of Topliss-reactive ketones (excluding diaryl/α,β-unsaturated/α-hetero) is 1. The topological polar surface area (TPSA) is 92.7 Å². The number of amides is 1. The van der Waals surface area contributed by atoms with Crippen LogP contribution in [0, 0.1) is 11.7 Å². The summed E-state index contributed by atoms with van der Waals surface area (Å²) in [6, 6.07) is 2.79. The Bertz CT molecular complexity index is 600. The third kappa shape index (κ3) is 5.36. The Hall–Kier alpha value is -2.44. The highest BCUT2D eigenvalue weighted by molar-refractivity contribution is 5.98. The predicted octanol–water partition coefficient (Wildman–Crippen LogP) is 2.02. The Morgan fingerprint density at radius 3 is 2.39 bits per heavy atom. The van der Waals surface area contributed by atoms with Gasteiger partial charge in [0.2, 0.25) is 5.91 Å². The molecule has 0 fully saturated rings. The lowest BCUT2D eigenvalue weighted by molar-refractivity contribution is -0.143. The van der Waals surface area contributed by atoms with Gasteiger partial charge in [0.25, 0.3) is 0 Å². The average molecular weight is 325 g/mol. The SMILES string of the molecule is COc1ccc(C(=O)CCC(=O)N[C@H](C(=O)O)C(C)C)cc1F. The van der Waals surface area contributed by atoms with Crippen molar-refractivity contribution in [3.8, 4) is 5.75 Å². The van der Waals surface area contributed by atoms with Crippen molar-refractivity contribution in [3.05, 3.63) is 29.6 Å². The second-order valence-electron chi connectivity index (χ2n) is 5.40. The monoisotopic (exact) mass is 325 g/mol. The first kappa shape index (κ1) is 18.6. The summed E-state index contributed by atoms with van der Waals surface area (Å²) in [7, 11) is 1.32. The van der Waals surface area contributed by atoms with Crippen LogP contribution in [0.1, 0.15) is 37.0 Å². The molecule has 0 aromatic heterocycles. The van der Waals surface area contributed by atoms with Gasteiger partial charge in [0.05, 0.1) is 7.11 Å². The quantitative estimate of drug-likeness (QED) is 0.713. The molecule has 0 heterocycles. The molecule has 0 aliphatic carbocycles. The van der Waals surface area contributed by atoms with E-state index in [-0.39, 0.29) is 30.1 Å². The van der Waals surface area contributed by atoms with E-state index in [0.29, 0.717) is 0 Å². The van der Waals surface area contributed by atoms with Crippen LogP contribution in [-0.2, 0) is 9.59 Å². The molecule has 0 unspecified atom stereocenters. The lowest BCUT2D eigenvalue weighted by Gasteiger charge is -2.17. The van der Waals surface area contributed by atoms with Crippen molar-refractivity contribution < 1.29 is 28.6 Å². The Labute approximate surface area is 133 Å². The third-order valence-electron chi connectivity index (χ3n) is 3.30. The number of ether oxygens (including phenoxy) is 1. The summed E-state index contributed by atoms with van der Waals surface area (Å²) in [6.07, 6.45) is -0.301. The van der Waals surface area contributed by atoms with Crippen LogP contribution in [0.15, 0.2) is 18.2 Å². The van der Waals surface area contributed by atoms with Crippen LogP contribution in [0.2, 0.25) is 0 Å². The van der Waals surface area contributed by atoms with E-state index in [0.717, 1.165) is 6.07 Å². The molecule has 0 saturated carbocycles. The zero-order valence-electron chi connectivity index (χ0n) is 13.3. The number of carboxylic acid groups (broad SMARTS) is 1.